The Morgan fingerprint density at radius 2 is 1.95 bits per heavy atom. The molecule has 0 radical (unpaired) electrons. The van der Waals surface area contributed by atoms with Crippen molar-refractivity contribution in [3.63, 3.8) is 0 Å². The van der Waals surface area contributed by atoms with Crippen molar-refractivity contribution in [1.29, 1.82) is 0 Å². The summed E-state index contributed by atoms with van der Waals surface area (Å²) in [6.07, 6.45) is 0.891. The number of nitrogens with two attached hydrogens (primary N) is 1. The van der Waals surface area contributed by atoms with Crippen LogP contribution in [0.2, 0.25) is 0 Å². The van der Waals surface area contributed by atoms with Crippen molar-refractivity contribution in [3.8, 4) is 0 Å². The molecule has 0 fully saturated rings. The van der Waals surface area contributed by atoms with Crippen LogP contribution in [-0.4, -0.2) is 35.9 Å². The standard InChI is InChI=1S/C16H25N3OS/c1-16(2,14(17)21)15(20)18-10-7-11-19(3)12-13-8-5-4-6-9-13/h4-6,8-9H,7,10-12H2,1-3H3,(H2,17,21)(H,18,20). The molecule has 1 aromatic rings. The monoisotopic (exact) mass is 307 g/mol. The molecule has 0 atom stereocenters. The number of thiocarbonyl (C=S) groups is 1. The van der Waals surface area contributed by atoms with Gasteiger partial charge in [-0.1, -0.05) is 42.5 Å². The highest BCUT2D eigenvalue weighted by Gasteiger charge is 2.30. The van der Waals surface area contributed by atoms with Gasteiger partial charge in [0.15, 0.2) is 0 Å². The third-order valence-corrected chi connectivity index (χ3v) is 3.99. The topological polar surface area (TPSA) is 58.4 Å². The van der Waals surface area contributed by atoms with Gasteiger partial charge in [0.25, 0.3) is 0 Å². The Labute approximate surface area is 132 Å². The zero-order valence-corrected chi connectivity index (χ0v) is 13.9. The van der Waals surface area contributed by atoms with Crippen LogP contribution in [0.3, 0.4) is 0 Å². The molecule has 4 nitrogen and oxygen atoms in total. The Balaban J connectivity index is 2.25. The highest BCUT2D eigenvalue weighted by atomic mass is 32.1. The van der Waals surface area contributed by atoms with Gasteiger partial charge in [0, 0.05) is 13.1 Å². The van der Waals surface area contributed by atoms with E-state index in [0.717, 1.165) is 19.5 Å². The maximum absolute atomic E-state index is 11.9. The maximum Gasteiger partial charge on any atom is 0.232 e. The van der Waals surface area contributed by atoms with E-state index in [-0.39, 0.29) is 10.9 Å². The van der Waals surface area contributed by atoms with Crippen molar-refractivity contribution in [2.24, 2.45) is 11.1 Å². The van der Waals surface area contributed by atoms with Gasteiger partial charge in [-0.05, 0) is 39.4 Å². The van der Waals surface area contributed by atoms with E-state index in [1.165, 1.54) is 5.56 Å². The molecule has 1 rings (SSSR count). The smallest absolute Gasteiger partial charge is 0.232 e. The fraction of sp³-hybridized carbons (Fsp3) is 0.500. The molecule has 116 valence electrons. The number of carbonyl (C=O) groups is 1. The first-order chi connectivity index (χ1) is 9.84. The normalized spacial score (nSPS) is 11.4. The maximum atomic E-state index is 11.9. The molecule has 5 heteroatoms. The van der Waals surface area contributed by atoms with E-state index in [9.17, 15) is 4.79 Å². The number of benzene rings is 1. The summed E-state index contributed by atoms with van der Waals surface area (Å²) >= 11 is 4.91. The Bertz CT molecular complexity index is 474. The van der Waals surface area contributed by atoms with Gasteiger partial charge in [-0.3, -0.25) is 4.79 Å². The molecule has 1 aromatic carbocycles. The van der Waals surface area contributed by atoms with Gasteiger partial charge in [-0.25, -0.2) is 0 Å². The molecule has 0 aliphatic rings. The lowest BCUT2D eigenvalue weighted by Gasteiger charge is -2.22. The zero-order valence-electron chi connectivity index (χ0n) is 13.1. The van der Waals surface area contributed by atoms with Crippen molar-refractivity contribution >= 4 is 23.1 Å². The Kier molecular flexibility index (Phi) is 6.78. The first-order valence-corrected chi connectivity index (χ1v) is 7.55. The van der Waals surface area contributed by atoms with Crippen LogP contribution in [0.4, 0.5) is 0 Å². The van der Waals surface area contributed by atoms with Gasteiger partial charge in [-0.15, -0.1) is 0 Å². The number of amides is 1. The molecule has 0 saturated heterocycles. The number of rotatable bonds is 8. The first-order valence-electron chi connectivity index (χ1n) is 7.14. The van der Waals surface area contributed by atoms with Crippen LogP contribution >= 0.6 is 12.2 Å². The predicted octanol–water partition coefficient (Wildman–Crippen LogP) is 1.94. The fourth-order valence-corrected chi connectivity index (χ4v) is 1.95. The van der Waals surface area contributed by atoms with Gasteiger partial charge >= 0.3 is 0 Å². The van der Waals surface area contributed by atoms with Crippen LogP contribution in [0.15, 0.2) is 30.3 Å². The van der Waals surface area contributed by atoms with Crippen molar-refractivity contribution in [2.75, 3.05) is 20.1 Å². The van der Waals surface area contributed by atoms with E-state index in [4.69, 9.17) is 18.0 Å². The molecule has 0 heterocycles. The van der Waals surface area contributed by atoms with Crippen LogP contribution in [0.1, 0.15) is 25.8 Å². The summed E-state index contributed by atoms with van der Waals surface area (Å²) in [7, 11) is 2.08. The first kappa shape index (κ1) is 17.6. The second-order valence-corrected chi connectivity index (χ2v) is 6.26. The average molecular weight is 307 g/mol. The molecular weight excluding hydrogens is 282 g/mol. The van der Waals surface area contributed by atoms with E-state index in [2.05, 4.69) is 29.4 Å². The highest BCUT2D eigenvalue weighted by molar-refractivity contribution is 7.80. The van der Waals surface area contributed by atoms with Crippen LogP contribution in [0, 0.1) is 5.41 Å². The third-order valence-electron chi connectivity index (χ3n) is 3.48. The van der Waals surface area contributed by atoms with Crippen molar-refractivity contribution in [3.05, 3.63) is 35.9 Å². The lowest BCUT2D eigenvalue weighted by molar-refractivity contribution is -0.126. The molecule has 0 bridgehead atoms. The molecule has 0 saturated carbocycles. The molecule has 0 spiro atoms. The number of nitrogens with zero attached hydrogens (tertiary/aromatic N) is 1. The minimum absolute atomic E-state index is 0.110. The molecule has 1 amide bonds. The van der Waals surface area contributed by atoms with Gasteiger partial charge in [0.2, 0.25) is 5.91 Å². The SMILES string of the molecule is CN(CCCNC(=O)C(C)(C)C(N)=S)Cc1ccccc1. The number of hydrogen-bond acceptors (Lipinski definition) is 3. The highest BCUT2D eigenvalue weighted by Crippen LogP contribution is 2.15. The quantitative estimate of drug-likeness (QED) is 0.569. The minimum atomic E-state index is -0.786. The van der Waals surface area contributed by atoms with Crippen molar-refractivity contribution < 1.29 is 4.79 Å². The van der Waals surface area contributed by atoms with E-state index in [0.29, 0.717) is 6.54 Å². The zero-order chi connectivity index (χ0) is 15.9. The number of hydrogen-bond donors (Lipinski definition) is 2. The van der Waals surface area contributed by atoms with E-state index < -0.39 is 5.41 Å². The van der Waals surface area contributed by atoms with Gasteiger partial charge < -0.3 is 16.0 Å². The molecule has 0 unspecified atom stereocenters. The van der Waals surface area contributed by atoms with Crippen molar-refractivity contribution in [2.45, 2.75) is 26.8 Å². The number of carbonyl (C=O) groups excluding carboxylic acids is 1. The van der Waals surface area contributed by atoms with Crippen LogP contribution < -0.4 is 11.1 Å². The molecular formula is C16H25N3OS. The summed E-state index contributed by atoms with van der Waals surface area (Å²) in [5.41, 5.74) is 6.08. The third kappa shape index (κ3) is 5.81. The predicted molar refractivity (Wildman–Crippen MR) is 91.0 cm³/mol. The summed E-state index contributed by atoms with van der Waals surface area (Å²) in [6, 6.07) is 10.3. The van der Waals surface area contributed by atoms with Crippen LogP contribution in [0.25, 0.3) is 0 Å². The molecule has 0 aliphatic heterocycles. The molecule has 0 aliphatic carbocycles. The van der Waals surface area contributed by atoms with E-state index in [1.54, 1.807) is 13.8 Å². The Morgan fingerprint density at radius 3 is 2.52 bits per heavy atom. The summed E-state index contributed by atoms with van der Waals surface area (Å²) < 4.78 is 0. The minimum Gasteiger partial charge on any atom is -0.392 e. The lowest BCUT2D eigenvalue weighted by atomic mass is 9.92. The van der Waals surface area contributed by atoms with Gasteiger partial charge in [0.1, 0.15) is 0 Å². The Morgan fingerprint density at radius 1 is 1.33 bits per heavy atom. The van der Waals surface area contributed by atoms with Crippen LogP contribution in [-0.2, 0) is 11.3 Å². The average Bonchev–Trinajstić information content (AvgIpc) is 2.44. The van der Waals surface area contributed by atoms with E-state index >= 15 is 0 Å². The van der Waals surface area contributed by atoms with Gasteiger partial charge in [0.05, 0.1) is 10.4 Å². The second kappa shape index (κ2) is 8.10. The fourth-order valence-electron chi connectivity index (χ4n) is 1.86. The summed E-state index contributed by atoms with van der Waals surface area (Å²) in [5, 5.41) is 2.89. The van der Waals surface area contributed by atoms with Gasteiger partial charge in [-0.2, -0.15) is 0 Å². The largest absolute Gasteiger partial charge is 0.392 e. The number of nitrogens with one attached hydrogen (secondary N) is 1. The molecule has 3 N–H and O–H groups in total. The van der Waals surface area contributed by atoms with E-state index in [1.807, 2.05) is 18.2 Å². The van der Waals surface area contributed by atoms with Crippen LogP contribution in [0.5, 0.6) is 0 Å². The second-order valence-electron chi connectivity index (χ2n) is 5.82. The van der Waals surface area contributed by atoms with Crippen molar-refractivity contribution in [1.82, 2.24) is 10.2 Å². The Hall–Kier alpha value is -1.46. The summed E-state index contributed by atoms with van der Waals surface area (Å²) in [4.78, 5) is 14.4. The lowest BCUT2D eigenvalue weighted by Crippen LogP contribution is -2.45. The molecule has 21 heavy (non-hydrogen) atoms. The summed E-state index contributed by atoms with van der Waals surface area (Å²) in [5.74, 6) is -0.110. The molecule has 0 aromatic heterocycles. The summed E-state index contributed by atoms with van der Waals surface area (Å²) in [6.45, 7) is 5.94.